The van der Waals surface area contributed by atoms with Crippen molar-refractivity contribution in [2.45, 2.75) is 0 Å². The second-order valence-electron chi connectivity index (χ2n) is 5.84. The number of nitrogens with zero attached hydrogens (tertiary/aromatic N) is 4. The fourth-order valence-electron chi connectivity index (χ4n) is 2.67. The van der Waals surface area contributed by atoms with Gasteiger partial charge in [-0.1, -0.05) is 60.7 Å². The van der Waals surface area contributed by atoms with E-state index in [1.165, 1.54) is 12.1 Å². The molecule has 4 rings (SSSR count). The van der Waals surface area contributed by atoms with Crippen LogP contribution in [0.2, 0.25) is 0 Å². The first-order valence-electron chi connectivity index (χ1n) is 8.32. The highest BCUT2D eigenvalue weighted by Gasteiger charge is 2.13. The molecule has 27 heavy (non-hydrogen) atoms. The van der Waals surface area contributed by atoms with Gasteiger partial charge < -0.3 is 0 Å². The Hall–Kier alpha value is -3.93. The second kappa shape index (κ2) is 7.13. The molecule has 0 unspecified atom stereocenters. The zero-order valence-electron chi connectivity index (χ0n) is 14.2. The average molecular weight is 354 g/mol. The van der Waals surface area contributed by atoms with Crippen molar-refractivity contribution < 1.29 is 4.92 Å². The fraction of sp³-hybridized carbons (Fsp3) is 0. The van der Waals surface area contributed by atoms with Crippen LogP contribution in [-0.4, -0.2) is 19.9 Å². The number of nitro groups is 1. The molecule has 6 nitrogen and oxygen atoms in total. The number of aromatic nitrogens is 3. The highest BCUT2D eigenvalue weighted by Crippen LogP contribution is 2.25. The Bertz CT molecular complexity index is 1020. The maximum absolute atomic E-state index is 10.9. The van der Waals surface area contributed by atoms with Crippen LogP contribution in [0.25, 0.3) is 34.2 Å². The third kappa shape index (κ3) is 3.55. The minimum absolute atomic E-state index is 0.0272. The van der Waals surface area contributed by atoms with Crippen LogP contribution >= 0.6 is 0 Å². The third-order valence-corrected chi connectivity index (χ3v) is 4.04. The normalized spacial score (nSPS) is 10.5. The van der Waals surface area contributed by atoms with Gasteiger partial charge in [-0.3, -0.25) is 10.1 Å². The van der Waals surface area contributed by atoms with Gasteiger partial charge in [-0.2, -0.15) is 0 Å². The van der Waals surface area contributed by atoms with Crippen LogP contribution in [0.5, 0.6) is 0 Å². The van der Waals surface area contributed by atoms with E-state index in [1.54, 1.807) is 12.1 Å². The number of hydrogen-bond donors (Lipinski definition) is 0. The Morgan fingerprint density at radius 2 is 0.926 bits per heavy atom. The van der Waals surface area contributed by atoms with Crippen LogP contribution in [0.3, 0.4) is 0 Å². The number of hydrogen-bond acceptors (Lipinski definition) is 5. The van der Waals surface area contributed by atoms with Crippen molar-refractivity contribution in [2.24, 2.45) is 0 Å². The molecule has 0 saturated carbocycles. The number of non-ortho nitro benzene ring substituents is 1. The SMILES string of the molecule is O=[N+]([O-])c1ccc(-c2nc(-c3ccccc3)nc(-c3ccccc3)n2)cc1. The summed E-state index contributed by atoms with van der Waals surface area (Å²) in [5.41, 5.74) is 2.47. The summed E-state index contributed by atoms with van der Waals surface area (Å²) < 4.78 is 0. The van der Waals surface area contributed by atoms with Gasteiger partial charge in [-0.05, 0) is 12.1 Å². The van der Waals surface area contributed by atoms with Gasteiger partial charge in [0, 0.05) is 28.8 Å². The van der Waals surface area contributed by atoms with Gasteiger partial charge in [-0.25, -0.2) is 15.0 Å². The molecule has 1 heterocycles. The zero-order valence-corrected chi connectivity index (χ0v) is 14.2. The quantitative estimate of drug-likeness (QED) is 0.389. The molecule has 0 aliphatic rings. The predicted octanol–water partition coefficient (Wildman–Crippen LogP) is 4.78. The summed E-state index contributed by atoms with van der Waals surface area (Å²) in [7, 11) is 0. The maximum atomic E-state index is 10.9. The lowest BCUT2D eigenvalue weighted by molar-refractivity contribution is -0.384. The standard InChI is InChI=1S/C21H14N4O2/c26-25(27)18-13-11-17(12-14-18)21-23-19(15-7-3-1-4-8-15)22-20(24-21)16-9-5-2-6-10-16/h1-14H. The summed E-state index contributed by atoms with van der Waals surface area (Å²) in [6, 6.07) is 25.5. The molecule has 0 bridgehead atoms. The van der Waals surface area contributed by atoms with Crippen LogP contribution in [0.15, 0.2) is 84.9 Å². The molecule has 3 aromatic carbocycles. The van der Waals surface area contributed by atoms with E-state index >= 15 is 0 Å². The highest BCUT2D eigenvalue weighted by atomic mass is 16.6. The predicted molar refractivity (Wildman–Crippen MR) is 103 cm³/mol. The van der Waals surface area contributed by atoms with Gasteiger partial charge in [0.25, 0.3) is 5.69 Å². The van der Waals surface area contributed by atoms with Crippen LogP contribution in [0, 0.1) is 10.1 Å². The first-order valence-corrected chi connectivity index (χ1v) is 8.32. The average Bonchev–Trinajstić information content (AvgIpc) is 2.75. The lowest BCUT2D eigenvalue weighted by atomic mass is 10.1. The summed E-state index contributed by atoms with van der Waals surface area (Å²) in [6.45, 7) is 0. The highest BCUT2D eigenvalue weighted by molar-refractivity contribution is 5.66. The van der Waals surface area contributed by atoms with Crippen LogP contribution in [-0.2, 0) is 0 Å². The van der Waals surface area contributed by atoms with Crippen molar-refractivity contribution in [3.8, 4) is 34.2 Å². The molecule has 130 valence electrons. The lowest BCUT2D eigenvalue weighted by Gasteiger charge is -2.08. The van der Waals surface area contributed by atoms with Gasteiger partial charge in [0.05, 0.1) is 4.92 Å². The molecule has 4 aromatic rings. The van der Waals surface area contributed by atoms with Crippen molar-refractivity contribution in [3.05, 3.63) is 95.0 Å². The monoisotopic (exact) mass is 354 g/mol. The number of nitro benzene ring substituents is 1. The maximum Gasteiger partial charge on any atom is 0.269 e. The van der Waals surface area contributed by atoms with Crippen LogP contribution < -0.4 is 0 Å². The Balaban J connectivity index is 1.86. The van der Waals surface area contributed by atoms with Crippen LogP contribution in [0.4, 0.5) is 5.69 Å². The largest absolute Gasteiger partial charge is 0.269 e. The molecular weight excluding hydrogens is 340 g/mol. The lowest BCUT2D eigenvalue weighted by Crippen LogP contribution is -2.00. The summed E-state index contributed by atoms with van der Waals surface area (Å²) in [6.07, 6.45) is 0. The summed E-state index contributed by atoms with van der Waals surface area (Å²) in [4.78, 5) is 24.2. The number of benzene rings is 3. The molecule has 0 aliphatic heterocycles. The second-order valence-corrected chi connectivity index (χ2v) is 5.84. The van der Waals surface area contributed by atoms with Gasteiger partial charge in [0.15, 0.2) is 17.5 Å². The summed E-state index contributed by atoms with van der Waals surface area (Å²) >= 11 is 0. The Labute approximate surface area is 155 Å². The molecule has 0 atom stereocenters. The van der Waals surface area contributed by atoms with Crippen molar-refractivity contribution in [2.75, 3.05) is 0 Å². The third-order valence-electron chi connectivity index (χ3n) is 4.04. The smallest absolute Gasteiger partial charge is 0.258 e. The van der Waals surface area contributed by atoms with Crippen molar-refractivity contribution in [1.82, 2.24) is 15.0 Å². The summed E-state index contributed by atoms with van der Waals surface area (Å²) in [5, 5.41) is 10.9. The Kier molecular flexibility index (Phi) is 4.37. The molecule has 0 saturated heterocycles. The molecule has 0 N–H and O–H groups in total. The molecule has 0 fully saturated rings. The van der Waals surface area contributed by atoms with Crippen LogP contribution in [0.1, 0.15) is 0 Å². The molecule has 1 aromatic heterocycles. The molecule has 0 amide bonds. The molecule has 6 heteroatoms. The van der Waals surface area contributed by atoms with Gasteiger partial charge in [0.2, 0.25) is 0 Å². The first-order chi connectivity index (χ1) is 13.2. The van der Waals surface area contributed by atoms with E-state index in [9.17, 15) is 10.1 Å². The topological polar surface area (TPSA) is 81.8 Å². The van der Waals surface area contributed by atoms with E-state index in [2.05, 4.69) is 15.0 Å². The molecule has 0 radical (unpaired) electrons. The molecular formula is C21H14N4O2. The van der Waals surface area contributed by atoms with E-state index in [0.717, 1.165) is 11.1 Å². The van der Waals surface area contributed by atoms with E-state index in [0.29, 0.717) is 23.0 Å². The summed E-state index contributed by atoms with van der Waals surface area (Å²) in [5.74, 6) is 1.58. The first kappa shape index (κ1) is 16.5. The Morgan fingerprint density at radius 1 is 0.556 bits per heavy atom. The van der Waals surface area contributed by atoms with E-state index < -0.39 is 4.92 Å². The van der Waals surface area contributed by atoms with Gasteiger partial charge >= 0.3 is 0 Å². The minimum atomic E-state index is -0.429. The van der Waals surface area contributed by atoms with Gasteiger partial charge in [-0.15, -0.1) is 0 Å². The molecule has 0 spiro atoms. The Morgan fingerprint density at radius 3 is 1.30 bits per heavy atom. The fourth-order valence-corrected chi connectivity index (χ4v) is 2.67. The van der Waals surface area contributed by atoms with E-state index in [1.807, 2.05) is 60.7 Å². The molecule has 0 aliphatic carbocycles. The zero-order chi connectivity index (χ0) is 18.6. The number of rotatable bonds is 4. The van der Waals surface area contributed by atoms with Gasteiger partial charge in [0.1, 0.15) is 0 Å². The van der Waals surface area contributed by atoms with Crippen molar-refractivity contribution in [3.63, 3.8) is 0 Å². The van der Waals surface area contributed by atoms with Crippen molar-refractivity contribution in [1.29, 1.82) is 0 Å². The minimum Gasteiger partial charge on any atom is -0.258 e. The van der Waals surface area contributed by atoms with E-state index in [4.69, 9.17) is 0 Å². The van der Waals surface area contributed by atoms with Crippen molar-refractivity contribution >= 4 is 5.69 Å². The van der Waals surface area contributed by atoms with E-state index in [-0.39, 0.29) is 5.69 Å².